The van der Waals surface area contributed by atoms with Crippen LogP contribution in [0, 0.1) is 0 Å². The summed E-state index contributed by atoms with van der Waals surface area (Å²) in [6, 6.07) is 58.9. The average Bonchev–Trinajstić information content (AvgIpc) is 3.79. The lowest BCUT2D eigenvalue weighted by molar-refractivity contribution is 0.669. The number of fused-ring (bicyclic) bond motifs is 11. The highest BCUT2D eigenvalue weighted by molar-refractivity contribution is 6.32. The predicted octanol–water partition coefficient (Wildman–Crippen LogP) is 13.5. The zero-order valence-corrected chi connectivity index (χ0v) is 30.3. The monoisotopic (exact) mass is 705 g/mol. The molecule has 0 aliphatic carbocycles. The minimum absolute atomic E-state index is 0.576. The molecule has 10 rings (SSSR count). The van der Waals surface area contributed by atoms with Crippen molar-refractivity contribution in [3.05, 3.63) is 205 Å². The molecule has 0 spiro atoms. The van der Waals surface area contributed by atoms with Crippen LogP contribution in [0.3, 0.4) is 0 Å². The summed E-state index contributed by atoms with van der Waals surface area (Å²) in [5.41, 5.74) is 10.1. The van der Waals surface area contributed by atoms with E-state index in [0.717, 1.165) is 66.6 Å². The molecule has 10 aromatic rings. The minimum Gasteiger partial charge on any atom is -0.456 e. The van der Waals surface area contributed by atoms with Crippen molar-refractivity contribution < 1.29 is 4.42 Å². The molecule has 0 aliphatic rings. The van der Waals surface area contributed by atoms with Gasteiger partial charge in [0, 0.05) is 33.0 Å². The molecule has 0 saturated heterocycles. The van der Waals surface area contributed by atoms with Gasteiger partial charge in [0.2, 0.25) is 0 Å². The summed E-state index contributed by atoms with van der Waals surface area (Å²) in [6.07, 6.45) is 0. The Hall–Kier alpha value is -7.30. The van der Waals surface area contributed by atoms with Crippen LogP contribution in [0.15, 0.2) is 203 Å². The van der Waals surface area contributed by atoms with E-state index in [1.165, 1.54) is 32.3 Å². The maximum absolute atomic E-state index is 6.58. The zero-order valence-electron chi connectivity index (χ0n) is 30.3. The van der Waals surface area contributed by atoms with Crippen LogP contribution >= 0.6 is 0 Å². The molecule has 8 aromatic carbocycles. The van der Waals surface area contributed by atoms with Gasteiger partial charge in [-0.2, -0.15) is 0 Å². The van der Waals surface area contributed by atoms with Crippen molar-refractivity contribution >= 4 is 82.5 Å². The molecule has 260 valence electrons. The number of amidine groups is 1. The van der Waals surface area contributed by atoms with Crippen LogP contribution < -0.4 is 0 Å². The van der Waals surface area contributed by atoms with Gasteiger partial charge in [0.1, 0.15) is 11.2 Å². The van der Waals surface area contributed by atoms with Crippen molar-refractivity contribution in [3.8, 4) is 5.69 Å². The van der Waals surface area contributed by atoms with Gasteiger partial charge in [0.05, 0.1) is 27.8 Å². The first kappa shape index (κ1) is 32.4. The van der Waals surface area contributed by atoms with E-state index < -0.39 is 0 Å². The average molecular weight is 706 g/mol. The van der Waals surface area contributed by atoms with Gasteiger partial charge in [0.15, 0.2) is 5.84 Å². The number of aliphatic imine (C=N–C) groups is 2. The Morgan fingerprint density at radius 2 is 1.07 bits per heavy atom. The number of allylic oxidation sites excluding steroid dienone is 1. The largest absolute Gasteiger partial charge is 0.456 e. The van der Waals surface area contributed by atoms with Crippen molar-refractivity contribution in [2.24, 2.45) is 9.98 Å². The molecule has 0 unspecified atom stereocenters. The lowest BCUT2D eigenvalue weighted by Gasteiger charge is -2.12. The van der Waals surface area contributed by atoms with E-state index in [4.69, 9.17) is 14.4 Å². The summed E-state index contributed by atoms with van der Waals surface area (Å²) < 4.78 is 8.98. The topological polar surface area (TPSA) is 42.8 Å². The molecule has 2 heterocycles. The summed E-state index contributed by atoms with van der Waals surface area (Å²) in [6.45, 7) is 10.7. The Balaban J connectivity index is 1.17. The SMILES string of the molecule is C=C(C)C(=NC(=NC(=C)c1ccc(-n2c3ccc4ccccc4c3c3ccc4oc5ccc6ccccc6c5c4c32)cc1)c1ccccc1)c1ccccc1. The highest BCUT2D eigenvalue weighted by Gasteiger charge is 2.22. The molecule has 4 heteroatoms. The first-order valence-corrected chi connectivity index (χ1v) is 18.5. The lowest BCUT2D eigenvalue weighted by Crippen LogP contribution is -2.08. The smallest absolute Gasteiger partial charge is 0.160 e. The molecule has 0 bridgehead atoms. The molecule has 0 aliphatic heterocycles. The van der Waals surface area contributed by atoms with Crippen LogP contribution in [-0.4, -0.2) is 16.1 Å². The Morgan fingerprint density at radius 1 is 0.491 bits per heavy atom. The molecule has 0 radical (unpaired) electrons. The van der Waals surface area contributed by atoms with E-state index in [1.54, 1.807) is 0 Å². The predicted molar refractivity (Wildman–Crippen MR) is 233 cm³/mol. The van der Waals surface area contributed by atoms with E-state index >= 15 is 0 Å². The van der Waals surface area contributed by atoms with Crippen molar-refractivity contribution in [1.29, 1.82) is 0 Å². The van der Waals surface area contributed by atoms with Gasteiger partial charge in [-0.15, -0.1) is 0 Å². The second-order valence-corrected chi connectivity index (χ2v) is 14.0. The number of nitrogens with zero attached hydrogens (tertiary/aromatic N) is 3. The third-order valence-electron chi connectivity index (χ3n) is 10.5. The number of benzene rings is 8. The molecule has 0 saturated carbocycles. The Morgan fingerprint density at radius 3 is 1.76 bits per heavy atom. The standard InChI is InChI=1S/C51H35N3O/c1-32(2)49(37-16-6-4-7-17-37)53-51(38-18-8-5-9-19-38)52-33(3)34-22-26-39(27-23-34)54-43-29-24-35-14-10-12-20-40(35)46(43)42-28-31-45-48(50(42)54)47-41-21-13-11-15-36(41)25-30-44(47)55-45/h4-31H,1,3H2,2H3. The fourth-order valence-electron chi connectivity index (χ4n) is 8.01. The van der Waals surface area contributed by atoms with Gasteiger partial charge in [-0.05, 0) is 76.0 Å². The highest BCUT2D eigenvalue weighted by Crippen LogP contribution is 2.44. The van der Waals surface area contributed by atoms with Gasteiger partial charge in [-0.1, -0.05) is 147 Å². The fraction of sp³-hybridized carbons (Fsp3) is 0.0196. The van der Waals surface area contributed by atoms with E-state index in [0.29, 0.717) is 11.5 Å². The molecule has 2 aromatic heterocycles. The van der Waals surface area contributed by atoms with Crippen molar-refractivity contribution in [1.82, 2.24) is 4.57 Å². The first-order valence-electron chi connectivity index (χ1n) is 18.5. The quantitative estimate of drug-likeness (QED) is 0.125. The Kier molecular flexibility index (Phi) is 7.63. The second kappa shape index (κ2) is 13.0. The summed E-state index contributed by atoms with van der Waals surface area (Å²) in [4.78, 5) is 10.2. The number of hydrogen-bond donors (Lipinski definition) is 0. The van der Waals surface area contributed by atoms with E-state index in [2.05, 4.69) is 127 Å². The molecule has 55 heavy (non-hydrogen) atoms. The Bertz CT molecular complexity index is 3220. The minimum atomic E-state index is 0.576. The van der Waals surface area contributed by atoms with E-state index in [1.807, 2.05) is 67.6 Å². The summed E-state index contributed by atoms with van der Waals surface area (Å²) in [5.74, 6) is 0.576. The molecular weight excluding hydrogens is 671 g/mol. The fourth-order valence-corrected chi connectivity index (χ4v) is 8.01. The van der Waals surface area contributed by atoms with Crippen LogP contribution in [0.2, 0.25) is 0 Å². The molecule has 4 nitrogen and oxygen atoms in total. The van der Waals surface area contributed by atoms with E-state index in [9.17, 15) is 0 Å². The Labute approximate surface area is 318 Å². The van der Waals surface area contributed by atoms with Crippen LogP contribution in [0.1, 0.15) is 23.6 Å². The molecule has 0 amide bonds. The van der Waals surface area contributed by atoms with Crippen LogP contribution in [0.5, 0.6) is 0 Å². The van der Waals surface area contributed by atoms with Crippen LogP contribution in [0.25, 0.3) is 76.7 Å². The number of aromatic nitrogens is 1. The molecule has 0 fully saturated rings. The van der Waals surface area contributed by atoms with Crippen LogP contribution in [-0.2, 0) is 0 Å². The normalized spacial score (nSPS) is 12.5. The zero-order chi connectivity index (χ0) is 37.0. The highest BCUT2D eigenvalue weighted by atomic mass is 16.3. The van der Waals surface area contributed by atoms with Gasteiger partial charge in [-0.25, -0.2) is 9.98 Å². The molecule has 0 N–H and O–H groups in total. The van der Waals surface area contributed by atoms with Gasteiger partial charge in [0.25, 0.3) is 0 Å². The van der Waals surface area contributed by atoms with Crippen molar-refractivity contribution in [3.63, 3.8) is 0 Å². The van der Waals surface area contributed by atoms with Gasteiger partial charge >= 0.3 is 0 Å². The van der Waals surface area contributed by atoms with Crippen molar-refractivity contribution in [2.75, 3.05) is 0 Å². The lowest BCUT2D eigenvalue weighted by atomic mass is 10.0. The maximum atomic E-state index is 6.58. The third-order valence-corrected chi connectivity index (χ3v) is 10.5. The van der Waals surface area contributed by atoms with Crippen molar-refractivity contribution in [2.45, 2.75) is 6.92 Å². The second-order valence-electron chi connectivity index (χ2n) is 14.0. The number of rotatable bonds is 6. The van der Waals surface area contributed by atoms with Gasteiger partial charge in [-0.3, -0.25) is 0 Å². The van der Waals surface area contributed by atoms with Gasteiger partial charge < -0.3 is 8.98 Å². The number of hydrogen-bond acceptors (Lipinski definition) is 2. The first-order chi connectivity index (χ1) is 27.0. The number of furan rings is 1. The summed E-state index contributed by atoms with van der Waals surface area (Å²) >= 11 is 0. The summed E-state index contributed by atoms with van der Waals surface area (Å²) in [7, 11) is 0. The summed E-state index contributed by atoms with van der Waals surface area (Å²) in [5, 5.41) is 9.44. The maximum Gasteiger partial charge on any atom is 0.160 e. The third kappa shape index (κ3) is 5.38. The van der Waals surface area contributed by atoms with E-state index in [-0.39, 0.29) is 0 Å². The van der Waals surface area contributed by atoms with Crippen LogP contribution in [0.4, 0.5) is 0 Å². The molecule has 0 atom stereocenters. The molecular formula is C51H35N3O.